The zero-order chi connectivity index (χ0) is 15.0. The fraction of sp³-hybridized carbons (Fsp3) is 0.562. The van der Waals surface area contributed by atoms with E-state index >= 15 is 0 Å². The maximum atomic E-state index is 11.9. The smallest absolute Gasteiger partial charge is 0.223 e. The van der Waals surface area contributed by atoms with E-state index in [0.29, 0.717) is 19.4 Å². The van der Waals surface area contributed by atoms with E-state index in [2.05, 4.69) is 5.32 Å². The molecule has 0 bridgehead atoms. The normalized spacial score (nSPS) is 13.6. The van der Waals surface area contributed by atoms with Crippen LogP contribution in [0.2, 0.25) is 0 Å². The fourth-order valence-corrected chi connectivity index (χ4v) is 1.95. The molecule has 20 heavy (non-hydrogen) atoms. The molecule has 1 rings (SSSR count). The number of nitrogens with one attached hydrogen (secondary N) is 1. The number of aliphatic hydroxyl groups excluding tert-OH is 1. The van der Waals surface area contributed by atoms with E-state index in [1.807, 2.05) is 45.0 Å². The minimum Gasteiger partial charge on any atom is -0.493 e. The van der Waals surface area contributed by atoms with Gasteiger partial charge >= 0.3 is 0 Å². The highest BCUT2D eigenvalue weighted by Crippen LogP contribution is 2.17. The minimum atomic E-state index is -0.339. The van der Waals surface area contributed by atoms with Gasteiger partial charge in [-0.15, -0.1) is 0 Å². The first-order valence-corrected chi connectivity index (χ1v) is 7.11. The predicted molar refractivity (Wildman–Crippen MR) is 79.8 cm³/mol. The number of ether oxygens (including phenoxy) is 1. The summed E-state index contributed by atoms with van der Waals surface area (Å²) in [6, 6.07) is 7.74. The Morgan fingerprint density at radius 3 is 2.70 bits per heavy atom. The van der Waals surface area contributed by atoms with Crippen molar-refractivity contribution in [2.24, 2.45) is 0 Å². The van der Waals surface area contributed by atoms with Gasteiger partial charge in [0.25, 0.3) is 0 Å². The van der Waals surface area contributed by atoms with Gasteiger partial charge in [-0.3, -0.25) is 4.79 Å². The number of amides is 1. The van der Waals surface area contributed by atoms with Crippen molar-refractivity contribution in [2.75, 3.05) is 13.2 Å². The van der Waals surface area contributed by atoms with Gasteiger partial charge in [0.1, 0.15) is 5.75 Å². The number of aryl methyl sites for hydroxylation is 1. The summed E-state index contributed by atoms with van der Waals surface area (Å²) in [5, 5.41) is 12.0. The second-order valence-electron chi connectivity index (χ2n) is 5.30. The van der Waals surface area contributed by atoms with Crippen LogP contribution in [-0.2, 0) is 4.79 Å². The van der Waals surface area contributed by atoms with Crippen LogP contribution in [0.3, 0.4) is 0 Å². The van der Waals surface area contributed by atoms with E-state index in [-0.39, 0.29) is 18.1 Å². The van der Waals surface area contributed by atoms with Crippen LogP contribution in [0.1, 0.15) is 38.7 Å². The average molecular weight is 279 g/mol. The maximum absolute atomic E-state index is 11.9. The fourth-order valence-electron chi connectivity index (χ4n) is 1.95. The van der Waals surface area contributed by atoms with Crippen LogP contribution in [0.4, 0.5) is 0 Å². The van der Waals surface area contributed by atoms with Crippen LogP contribution in [0, 0.1) is 6.92 Å². The van der Waals surface area contributed by atoms with Crippen molar-refractivity contribution in [2.45, 2.75) is 45.6 Å². The molecule has 2 N–H and O–H groups in total. The molecule has 0 spiro atoms. The van der Waals surface area contributed by atoms with Gasteiger partial charge in [0.05, 0.1) is 13.0 Å². The van der Waals surface area contributed by atoms with Crippen LogP contribution < -0.4 is 10.1 Å². The molecule has 4 heteroatoms. The van der Waals surface area contributed by atoms with Crippen molar-refractivity contribution in [1.29, 1.82) is 0 Å². The predicted octanol–water partition coefficient (Wildman–Crippen LogP) is 2.43. The molecule has 0 radical (unpaired) electrons. The van der Waals surface area contributed by atoms with E-state index in [1.165, 1.54) is 0 Å². The molecule has 1 aromatic carbocycles. The zero-order valence-corrected chi connectivity index (χ0v) is 12.6. The van der Waals surface area contributed by atoms with Crippen molar-refractivity contribution < 1.29 is 14.6 Å². The first-order valence-electron chi connectivity index (χ1n) is 7.11. The summed E-state index contributed by atoms with van der Waals surface area (Å²) in [4.78, 5) is 11.9. The van der Waals surface area contributed by atoms with E-state index in [0.717, 1.165) is 17.7 Å². The topological polar surface area (TPSA) is 58.6 Å². The number of rotatable bonds is 8. The van der Waals surface area contributed by atoms with E-state index in [9.17, 15) is 4.79 Å². The Hall–Kier alpha value is -1.55. The van der Waals surface area contributed by atoms with Gasteiger partial charge < -0.3 is 15.2 Å². The summed E-state index contributed by atoms with van der Waals surface area (Å²) in [6.07, 6.45) is 1.67. The lowest BCUT2D eigenvalue weighted by Gasteiger charge is -2.29. The molecule has 0 aromatic heterocycles. The van der Waals surface area contributed by atoms with Crippen LogP contribution in [0.5, 0.6) is 5.75 Å². The molecule has 0 saturated carbocycles. The van der Waals surface area contributed by atoms with Gasteiger partial charge in [0, 0.05) is 12.1 Å². The molecule has 1 aromatic rings. The van der Waals surface area contributed by atoms with Gasteiger partial charge in [-0.1, -0.05) is 25.1 Å². The van der Waals surface area contributed by atoms with E-state index in [1.54, 1.807) is 0 Å². The van der Waals surface area contributed by atoms with Crippen molar-refractivity contribution in [3.8, 4) is 5.75 Å². The molecule has 0 aliphatic carbocycles. The van der Waals surface area contributed by atoms with Gasteiger partial charge in [-0.2, -0.15) is 0 Å². The van der Waals surface area contributed by atoms with Gasteiger partial charge in [-0.25, -0.2) is 0 Å². The molecule has 1 unspecified atom stereocenters. The monoisotopic (exact) mass is 279 g/mol. The van der Waals surface area contributed by atoms with E-state index in [4.69, 9.17) is 9.84 Å². The average Bonchev–Trinajstić information content (AvgIpc) is 2.41. The Labute approximate surface area is 121 Å². The summed E-state index contributed by atoms with van der Waals surface area (Å²) in [7, 11) is 0. The SMILES string of the molecule is CCC(C)(CCO)NC(=O)CCOc1ccccc1C. The van der Waals surface area contributed by atoms with Crippen molar-refractivity contribution in [3.63, 3.8) is 0 Å². The number of carbonyl (C=O) groups is 1. The second-order valence-corrected chi connectivity index (χ2v) is 5.30. The van der Waals surface area contributed by atoms with Gasteiger partial charge in [0.15, 0.2) is 0 Å². The highest BCUT2D eigenvalue weighted by atomic mass is 16.5. The molecule has 0 fully saturated rings. The quantitative estimate of drug-likeness (QED) is 0.768. The lowest BCUT2D eigenvalue weighted by atomic mass is 9.95. The van der Waals surface area contributed by atoms with Gasteiger partial charge in [0.2, 0.25) is 5.91 Å². The molecule has 1 amide bonds. The van der Waals surface area contributed by atoms with Crippen LogP contribution >= 0.6 is 0 Å². The Morgan fingerprint density at radius 1 is 1.40 bits per heavy atom. The number of aliphatic hydroxyl groups is 1. The first-order chi connectivity index (χ1) is 9.50. The van der Waals surface area contributed by atoms with Crippen molar-refractivity contribution >= 4 is 5.91 Å². The summed E-state index contributed by atoms with van der Waals surface area (Å²) in [5.74, 6) is 0.769. The second kappa shape index (κ2) is 7.90. The van der Waals surface area contributed by atoms with Crippen molar-refractivity contribution in [1.82, 2.24) is 5.32 Å². The largest absolute Gasteiger partial charge is 0.493 e. The number of hydrogen-bond donors (Lipinski definition) is 2. The van der Waals surface area contributed by atoms with Gasteiger partial charge in [-0.05, 0) is 38.3 Å². The molecule has 0 heterocycles. The summed E-state index contributed by atoms with van der Waals surface area (Å²) in [5.41, 5.74) is 0.723. The van der Waals surface area contributed by atoms with Crippen molar-refractivity contribution in [3.05, 3.63) is 29.8 Å². The lowest BCUT2D eigenvalue weighted by Crippen LogP contribution is -2.46. The Bertz CT molecular complexity index is 433. The molecule has 112 valence electrons. The Morgan fingerprint density at radius 2 is 2.10 bits per heavy atom. The molecule has 0 aliphatic heterocycles. The molecular formula is C16H25NO3. The van der Waals surface area contributed by atoms with Crippen LogP contribution in [0.25, 0.3) is 0 Å². The highest BCUT2D eigenvalue weighted by molar-refractivity contribution is 5.76. The number of benzene rings is 1. The first kappa shape index (κ1) is 16.5. The molecule has 0 aliphatic rings. The number of hydrogen-bond acceptors (Lipinski definition) is 3. The Kier molecular flexibility index (Phi) is 6.52. The third-order valence-corrected chi connectivity index (χ3v) is 3.57. The highest BCUT2D eigenvalue weighted by Gasteiger charge is 2.23. The third-order valence-electron chi connectivity index (χ3n) is 3.57. The number of carbonyl (C=O) groups excluding carboxylic acids is 1. The summed E-state index contributed by atoms with van der Waals surface area (Å²) in [6.45, 7) is 6.35. The maximum Gasteiger partial charge on any atom is 0.223 e. The molecule has 1 atom stereocenters. The van der Waals surface area contributed by atoms with E-state index < -0.39 is 0 Å². The standard InChI is InChI=1S/C16H25NO3/c1-4-16(3,10-11-18)17-15(19)9-12-20-14-8-6-5-7-13(14)2/h5-8,18H,4,9-12H2,1-3H3,(H,17,19). The number of para-hydroxylation sites is 1. The Balaban J connectivity index is 2.38. The molecular weight excluding hydrogens is 254 g/mol. The van der Waals surface area contributed by atoms with Crippen LogP contribution in [0.15, 0.2) is 24.3 Å². The minimum absolute atomic E-state index is 0.0450. The lowest BCUT2D eigenvalue weighted by molar-refractivity contribution is -0.123. The molecule has 0 saturated heterocycles. The third kappa shape index (κ3) is 5.21. The zero-order valence-electron chi connectivity index (χ0n) is 12.6. The summed E-state index contributed by atoms with van der Waals surface area (Å²) >= 11 is 0. The summed E-state index contributed by atoms with van der Waals surface area (Å²) < 4.78 is 5.61. The molecule has 4 nitrogen and oxygen atoms in total. The van der Waals surface area contributed by atoms with Crippen LogP contribution in [-0.4, -0.2) is 29.8 Å².